The zero-order valence-electron chi connectivity index (χ0n) is 14.5. The second-order valence-electron chi connectivity index (χ2n) is 5.49. The molecule has 0 atom stereocenters. The van der Waals surface area contributed by atoms with E-state index in [2.05, 4.69) is 22.9 Å². The highest BCUT2D eigenvalue weighted by Crippen LogP contribution is 2.15. The summed E-state index contributed by atoms with van der Waals surface area (Å²) in [6.07, 6.45) is 0.954. The molecule has 0 aliphatic carbocycles. The maximum atomic E-state index is 11.9. The molecular weight excluding hydrogens is 318 g/mol. The quantitative estimate of drug-likeness (QED) is 0.675. The van der Waals surface area contributed by atoms with Crippen LogP contribution in [0.25, 0.3) is 0 Å². The Morgan fingerprint density at radius 1 is 1.00 bits per heavy atom. The molecule has 0 aliphatic heterocycles. The average Bonchev–Trinajstić information content (AvgIpc) is 2.58. The lowest BCUT2D eigenvalue weighted by atomic mass is 10.2. The standard InChI is InChI=1S/C19H23N3O3/c1-3-15-6-4-9-18(12-15)25-11-10-20-19(24)22-17-8-5-7-16(13-17)21-14(2)23/h4-9,12-13H,3,10-11H2,1-2H3,(H,21,23)(H2,20,22,24). The Balaban J connectivity index is 1.74. The molecule has 0 saturated carbocycles. The van der Waals surface area contributed by atoms with Gasteiger partial charge in [0.1, 0.15) is 12.4 Å². The van der Waals surface area contributed by atoms with Crippen molar-refractivity contribution in [1.29, 1.82) is 0 Å². The number of hydrogen-bond acceptors (Lipinski definition) is 3. The van der Waals surface area contributed by atoms with Crippen LogP contribution in [0.4, 0.5) is 16.2 Å². The molecule has 132 valence electrons. The van der Waals surface area contributed by atoms with Crippen molar-refractivity contribution in [3.05, 3.63) is 54.1 Å². The van der Waals surface area contributed by atoms with Crippen LogP contribution in [0.15, 0.2) is 48.5 Å². The number of benzene rings is 2. The maximum absolute atomic E-state index is 11.9. The zero-order valence-corrected chi connectivity index (χ0v) is 14.5. The van der Waals surface area contributed by atoms with Crippen molar-refractivity contribution in [2.24, 2.45) is 0 Å². The number of anilines is 2. The van der Waals surface area contributed by atoms with Gasteiger partial charge in [0.15, 0.2) is 0 Å². The molecule has 0 radical (unpaired) electrons. The van der Waals surface area contributed by atoms with Gasteiger partial charge in [0.2, 0.25) is 5.91 Å². The number of rotatable bonds is 7. The molecule has 0 aliphatic rings. The van der Waals surface area contributed by atoms with Gasteiger partial charge in [0.05, 0.1) is 6.54 Å². The third kappa shape index (κ3) is 6.55. The maximum Gasteiger partial charge on any atom is 0.319 e. The Kier molecular flexibility index (Phi) is 6.83. The molecular formula is C19H23N3O3. The van der Waals surface area contributed by atoms with Crippen molar-refractivity contribution in [1.82, 2.24) is 5.32 Å². The van der Waals surface area contributed by atoms with E-state index in [0.717, 1.165) is 12.2 Å². The number of amides is 3. The largest absolute Gasteiger partial charge is 0.492 e. The van der Waals surface area contributed by atoms with E-state index in [9.17, 15) is 9.59 Å². The van der Waals surface area contributed by atoms with E-state index >= 15 is 0 Å². The van der Waals surface area contributed by atoms with Crippen molar-refractivity contribution in [2.45, 2.75) is 20.3 Å². The van der Waals surface area contributed by atoms with Crippen LogP contribution in [0.1, 0.15) is 19.4 Å². The van der Waals surface area contributed by atoms with Crippen molar-refractivity contribution in [2.75, 3.05) is 23.8 Å². The summed E-state index contributed by atoms with van der Waals surface area (Å²) >= 11 is 0. The van der Waals surface area contributed by atoms with Gasteiger partial charge >= 0.3 is 6.03 Å². The Hall–Kier alpha value is -3.02. The molecule has 3 N–H and O–H groups in total. The fraction of sp³-hybridized carbons (Fsp3) is 0.263. The number of hydrogen-bond donors (Lipinski definition) is 3. The van der Waals surface area contributed by atoms with E-state index in [1.165, 1.54) is 12.5 Å². The summed E-state index contributed by atoms with van der Waals surface area (Å²) in [6.45, 7) is 4.29. The molecule has 0 unspecified atom stereocenters. The first-order chi connectivity index (χ1) is 12.1. The highest BCUT2D eigenvalue weighted by atomic mass is 16.5. The number of ether oxygens (including phenoxy) is 1. The van der Waals surface area contributed by atoms with Crippen LogP contribution in [0.5, 0.6) is 5.75 Å². The first kappa shape index (κ1) is 18.3. The predicted molar refractivity (Wildman–Crippen MR) is 99.1 cm³/mol. The van der Waals surface area contributed by atoms with Gasteiger partial charge in [-0.05, 0) is 42.3 Å². The Morgan fingerprint density at radius 3 is 2.44 bits per heavy atom. The molecule has 0 heterocycles. The topological polar surface area (TPSA) is 79.5 Å². The number of nitrogens with one attached hydrogen (secondary N) is 3. The minimum atomic E-state index is -0.328. The van der Waals surface area contributed by atoms with Crippen molar-refractivity contribution in [3.63, 3.8) is 0 Å². The van der Waals surface area contributed by atoms with Crippen LogP contribution < -0.4 is 20.7 Å². The van der Waals surface area contributed by atoms with E-state index < -0.39 is 0 Å². The predicted octanol–water partition coefficient (Wildman–Crippen LogP) is 3.41. The molecule has 0 spiro atoms. The van der Waals surface area contributed by atoms with Gasteiger partial charge in [-0.1, -0.05) is 25.1 Å². The van der Waals surface area contributed by atoms with Crippen molar-refractivity contribution >= 4 is 23.3 Å². The lowest BCUT2D eigenvalue weighted by molar-refractivity contribution is -0.114. The highest BCUT2D eigenvalue weighted by molar-refractivity contribution is 5.92. The van der Waals surface area contributed by atoms with Gasteiger partial charge in [-0.15, -0.1) is 0 Å². The number of carbonyl (C=O) groups is 2. The van der Waals surface area contributed by atoms with Gasteiger partial charge in [-0.3, -0.25) is 4.79 Å². The summed E-state index contributed by atoms with van der Waals surface area (Å²) in [5.74, 6) is 0.635. The normalized spacial score (nSPS) is 10.0. The van der Waals surface area contributed by atoms with Crippen LogP contribution >= 0.6 is 0 Å². The molecule has 6 nitrogen and oxygen atoms in total. The minimum absolute atomic E-state index is 0.161. The first-order valence-electron chi connectivity index (χ1n) is 8.21. The molecule has 0 bridgehead atoms. The van der Waals surface area contributed by atoms with Crippen LogP contribution in [-0.2, 0) is 11.2 Å². The molecule has 0 saturated heterocycles. The molecule has 2 aromatic rings. The monoisotopic (exact) mass is 341 g/mol. The van der Waals surface area contributed by atoms with Crippen LogP contribution in [0.3, 0.4) is 0 Å². The van der Waals surface area contributed by atoms with Gasteiger partial charge in [0.25, 0.3) is 0 Å². The van der Waals surface area contributed by atoms with Crippen LogP contribution in [0.2, 0.25) is 0 Å². The van der Waals surface area contributed by atoms with Gasteiger partial charge in [-0.25, -0.2) is 4.79 Å². The van der Waals surface area contributed by atoms with E-state index in [1.54, 1.807) is 24.3 Å². The summed E-state index contributed by atoms with van der Waals surface area (Å²) in [6, 6.07) is 14.5. The summed E-state index contributed by atoms with van der Waals surface area (Å²) in [5, 5.41) is 8.11. The Morgan fingerprint density at radius 2 is 1.72 bits per heavy atom. The first-order valence-corrected chi connectivity index (χ1v) is 8.21. The third-order valence-corrected chi connectivity index (χ3v) is 3.40. The van der Waals surface area contributed by atoms with Gasteiger partial charge in [0, 0.05) is 18.3 Å². The average molecular weight is 341 g/mol. The SMILES string of the molecule is CCc1cccc(OCCNC(=O)Nc2cccc(NC(C)=O)c2)c1. The highest BCUT2D eigenvalue weighted by Gasteiger charge is 2.03. The van der Waals surface area contributed by atoms with Gasteiger partial charge in [-0.2, -0.15) is 0 Å². The summed E-state index contributed by atoms with van der Waals surface area (Å²) < 4.78 is 5.62. The molecule has 2 rings (SSSR count). The number of urea groups is 1. The smallest absolute Gasteiger partial charge is 0.319 e. The number of carbonyl (C=O) groups excluding carboxylic acids is 2. The number of aryl methyl sites for hydroxylation is 1. The third-order valence-electron chi connectivity index (χ3n) is 3.40. The fourth-order valence-corrected chi connectivity index (χ4v) is 2.24. The second-order valence-corrected chi connectivity index (χ2v) is 5.49. The Bertz CT molecular complexity index is 731. The van der Waals surface area contributed by atoms with E-state index in [4.69, 9.17) is 4.74 Å². The lowest BCUT2D eigenvalue weighted by Gasteiger charge is -2.10. The van der Waals surface area contributed by atoms with Crippen LogP contribution in [-0.4, -0.2) is 25.1 Å². The summed E-state index contributed by atoms with van der Waals surface area (Å²) in [4.78, 5) is 22.9. The van der Waals surface area contributed by atoms with E-state index in [-0.39, 0.29) is 11.9 Å². The molecule has 25 heavy (non-hydrogen) atoms. The van der Waals surface area contributed by atoms with E-state index in [0.29, 0.717) is 24.5 Å². The summed E-state index contributed by atoms with van der Waals surface area (Å²) in [5.41, 5.74) is 2.44. The zero-order chi connectivity index (χ0) is 18.1. The lowest BCUT2D eigenvalue weighted by Crippen LogP contribution is -2.32. The van der Waals surface area contributed by atoms with Crippen LogP contribution in [0, 0.1) is 0 Å². The van der Waals surface area contributed by atoms with Gasteiger partial charge < -0.3 is 20.7 Å². The Labute approximate surface area is 147 Å². The molecule has 0 fully saturated rings. The molecule has 6 heteroatoms. The minimum Gasteiger partial charge on any atom is -0.492 e. The molecule has 2 aromatic carbocycles. The fourth-order valence-electron chi connectivity index (χ4n) is 2.24. The van der Waals surface area contributed by atoms with Crippen molar-refractivity contribution < 1.29 is 14.3 Å². The molecule has 0 aromatic heterocycles. The second kappa shape index (κ2) is 9.32. The van der Waals surface area contributed by atoms with Crippen molar-refractivity contribution in [3.8, 4) is 5.75 Å². The molecule has 3 amide bonds. The summed E-state index contributed by atoms with van der Waals surface area (Å²) in [7, 11) is 0. The van der Waals surface area contributed by atoms with E-state index in [1.807, 2.05) is 24.3 Å².